The molecule has 0 aromatic heterocycles. The lowest BCUT2D eigenvalue weighted by Gasteiger charge is -2.32. The highest BCUT2D eigenvalue weighted by atomic mass is 19.4. The zero-order chi connectivity index (χ0) is 12.5. The average Bonchev–Trinajstić information content (AvgIpc) is 1.99. The minimum atomic E-state index is -6.03. The van der Waals surface area contributed by atoms with Crippen LogP contribution in [-0.2, 0) is 4.79 Å². The van der Waals surface area contributed by atoms with Gasteiger partial charge in [0.25, 0.3) is 0 Å². The summed E-state index contributed by atoms with van der Waals surface area (Å²) in [4.78, 5) is 10.4. The molecule has 90 valence electrons. The monoisotopic (exact) mass is 239 g/mol. The molecule has 3 nitrogen and oxygen atoms in total. The summed E-state index contributed by atoms with van der Waals surface area (Å²) in [5.74, 6) is -1.56. The Morgan fingerprint density at radius 3 is 1.67 bits per heavy atom. The first kappa shape index (κ1) is 14.0. The Hall–Kier alpha value is -0.990. The van der Waals surface area contributed by atoms with Gasteiger partial charge in [0.05, 0.1) is 0 Å². The second-order valence-electron chi connectivity index (χ2n) is 2.61. The van der Waals surface area contributed by atoms with Gasteiger partial charge in [0.15, 0.2) is 0 Å². The maximum absolute atomic E-state index is 11.9. The molecule has 0 rings (SSSR count). The Morgan fingerprint density at radius 2 is 1.47 bits per heavy atom. The second-order valence-corrected chi connectivity index (χ2v) is 2.61. The van der Waals surface area contributed by atoms with Crippen LogP contribution in [0.3, 0.4) is 0 Å². The summed E-state index contributed by atoms with van der Waals surface area (Å²) in [6.45, 7) is 1.04. The van der Waals surface area contributed by atoms with E-state index in [1.54, 1.807) is 0 Å². The lowest BCUT2D eigenvalue weighted by Crippen LogP contribution is -2.67. The van der Waals surface area contributed by atoms with Crippen LogP contribution in [0.1, 0.15) is 13.3 Å². The van der Waals surface area contributed by atoms with Crippen molar-refractivity contribution in [3.63, 3.8) is 0 Å². The number of carbonyl (C=O) groups is 1. The summed E-state index contributed by atoms with van der Waals surface area (Å²) < 4.78 is 71.5. The van der Waals surface area contributed by atoms with Crippen molar-refractivity contribution < 1.29 is 36.2 Å². The van der Waals surface area contributed by atoms with Gasteiger partial charge in [-0.15, -0.1) is 0 Å². The standard InChI is InChI=1S/C6H7F6NO2/c1-2-3(14)13-4(15,5(7,8)9)6(10,11)12/h15H,2H2,1H3,(H,13,14). The quantitative estimate of drug-likeness (QED) is 0.564. The molecule has 1 amide bonds. The van der Waals surface area contributed by atoms with Crippen LogP contribution in [0, 0.1) is 0 Å². The van der Waals surface area contributed by atoms with Crippen LogP contribution in [0.25, 0.3) is 0 Å². The highest BCUT2D eigenvalue weighted by molar-refractivity contribution is 5.76. The molecule has 0 radical (unpaired) electrons. The van der Waals surface area contributed by atoms with E-state index in [0.717, 1.165) is 6.92 Å². The molecule has 0 spiro atoms. The van der Waals surface area contributed by atoms with Crippen LogP contribution < -0.4 is 5.32 Å². The van der Waals surface area contributed by atoms with Crippen LogP contribution in [0.4, 0.5) is 26.3 Å². The third-order valence-electron chi connectivity index (χ3n) is 1.46. The second kappa shape index (κ2) is 3.87. The predicted molar refractivity (Wildman–Crippen MR) is 35.5 cm³/mol. The molecule has 9 heteroatoms. The van der Waals surface area contributed by atoms with Gasteiger partial charge in [-0.1, -0.05) is 6.92 Å². The largest absolute Gasteiger partial charge is 0.446 e. The van der Waals surface area contributed by atoms with Crippen molar-refractivity contribution in [3.05, 3.63) is 0 Å². The fourth-order valence-corrected chi connectivity index (χ4v) is 0.593. The summed E-state index contributed by atoms with van der Waals surface area (Å²) in [7, 11) is 0. The fourth-order valence-electron chi connectivity index (χ4n) is 0.593. The lowest BCUT2D eigenvalue weighted by atomic mass is 10.2. The molecule has 0 bridgehead atoms. The van der Waals surface area contributed by atoms with Gasteiger partial charge >= 0.3 is 18.1 Å². The van der Waals surface area contributed by atoms with Gasteiger partial charge in [0, 0.05) is 6.42 Å². The van der Waals surface area contributed by atoms with Gasteiger partial charge in [-0.2, -0.15) is 26.3 Å². The molecule has 0 aliphatic carbocycles. The molecular formula is C6H7F6NO2. The Kier molecular flexibility index (Phi) is 3.62. The summed E-state index contributed by atoms with van der Waals surface area (Å²) in [6.07, 6.45) is -12.7. The van der Waals surface area contributed by atoms with Crippen LogP contribution in [0.15, 0.2) is 0 Å². The smallest absolute Gasteiger partial charge is 0.357 e. The Morgan fingerprint density at radius 1 is 1.13 bits per heavy atom. The topological polar surface area (TPSA) is 49.3 Å². The van der Waals surface area contributed by atoms with Crippen LogP contribution >= 0.6 is 0 Å². The summed E-state index contributed by atoms with van der Waals surface area (Å²) in [5, 5.41) is 8.89. The van der Waals surface area contributed by atoms with E-state index in [-0.39, 0.29) is 0 Å². The summed E-state index contributed by atoms with van der Waals surface area (Å²) in [5.41, 5.74) is -5.20. The molecule has 0 fully saturated rings. The van der Waals surface area contributed by atoms with Gasteiger partial charge in [0.2, 0.25) is 5.91 Å². The van der Waals surface area contributed by atoms with E-state index in [1.165, 1.54) is 0 Å². The number of aliphatic hydroxyl groups is 1. The molecule has 0 unspecified atom stereocenters. The minimum absolute atomic E-state index is 0.490. The van der Waals surface area contributed by atoms with Gasteiger partial charge in [-0.25, -0.2) is 0 Å². The fraction of sp³-hybridized carbons (Fsp3) is 0.833. The Labute approximate surface area is 80.1 Å². The lowest BCUT2D eigenvalue weighted by molar-refractivity contribution is -0.376. The summed E-state index contributed by atoms with van der Waals surface area (Å²) in [6, 6.07) is 0. The highest BCUT2D eigenvalue weighted by Crippen LogP contribution is 2.40. The maximum Gasteiger partial charge on any atom is 0.446 e. The number of nitrogens with one attached hydrogen (secondary N) is 1. The third kappa shape index (κ3) is 2.74. The van der Waals surface area contributed by atoms with Gasteiger partial charge < -0.3 is 10.4 Å². The van der Waals surface area contributed by atoms with Gasteiger partial charge in [0.1, 0.15) is 0 Å². The first-order valence-corrected chi connectivity index (χ1v) is 3.62. The van der Waals surface area contributed by atoms with Gasteiger partial charge in [-0.05, 0) is 0 Å². The van der Waals surface area contributed by atoms with E-state index in [0.29, 0.717) is 5.32 Å². The summed E-state index contributed by atoms with van der Waals surface area (Å²) >= 11 is 0. The molecule has 15 heavy (non-hydrogen) atoms. The van der Waals surface area contributed by atoms with E-state index in [1.807, 2.05) is 0 Å². The number of carbonyl (C=O) groups excluding carboxylic acids is 1. The molecule has 0 aromatic rings. The van der Waals surface area contributed by atoms with Crippen LogP contribution in [0.2, 0.25) is 0 Å². The first-order chi connectivity index (χ1) is 6.45. The minimum Gasteiger partial charge on any atom is -0.357 e. The van der Waals surface area contributed by atoms with Crippen molar-refractivity contribution in [1.82, 2.24) is 5.32 Å². The van der Waals surface area contributed by atoms with E-state index >= 15 is 0 Å². The third-order valence-corrected chi connectivity index (χ3v) is 1.46. The van der Waals surface area contributed by atoms with Crippen molar-refractivity contribution in [2.24, 2.45) is 0 Å². The van der Waals surface area contributed by atoms with Crippen molar-refractivity contribution >= 4 is 5.91 Å². The number of rotatable bonds is 2. The Bertz CT molecular complexity index is 231. The highest BCUT2D eigenvalue weighted by Gasteiger charge is 2.71. The number of halogens is 6. The van der Waals surface area contributed by atoms with Crippen molar-refractivity contribution in [3.8, 4) is 0 Å². The molecule has 0 saturated heterocycles. The van der Waals surface area contributed by atoms with E-state index < -0.39 is 30.4 Å². The van der Waals surface area contributed by atoms with Crippen molar-refractivity contribution in [2.75, 3.05) is 0 Å². The molecule has 0 aliphatic heterocycles. The zero-order valence-corrected chi connectivity index (χ0v) is 7.33. The molecule has 0 aromatic carbocycles. The van der Waals surface area contributed by atoms with Crippen LogP contribution in [0.5, 0.6) is 0 Å². The SMILES string of the molecule is CCC(=O)NC(O)(C(F)(F)F)C(F)(F)F. The van der Waals surface area contributed by atoms with E-state index in [4.69, 9.17) is 5.11 Å². The molecule has 0 aliphatic rings. The van der Waals surface area contributed by atoms with E-state index in [2.05, 4.69) is 0 Å². The average molecular weight is 239 g/mol. The normalized spacial score (nSPS) is 13.9. The molecule has 2 N–H and O–H groups in total. The molecular weight excluding hydrogens is 232 g/mol. The zero-order valence-electron chi connectivity index (χ0n) is 7.33. The van der Waals surface area contributed by atoms with Crippen LogP contribution in [-0.4, -0.2) is 29.1 Å². The maximum atomic E-state index is 11.9. The number of amides is 1. The number of alkyl halides is 6. The predicted octanol–water partition coefficient (Wildman–Crippen LogP) is 1.33. The molecule has 0 atom stereocenters. The Balaban J connectivity index is 5.15. The molecule has 0 heterocycles. The molecule has 0 saturated carbocycles. The van der Waals surface area contributed by atoms with Gasteiger partial charge in [-0.3, -0.25) is 4.79 Å². The van der Waals surface area contributed by atoms with Crippen molar-refractivity contribution in [2.45, 2.75) is 31.4 Å². The first-order valence-electron chi connectivity index (χ1n) is 3.62. The van der Waals surface area contributed by atoms with Crippen molar-refractivity contribution in [1.29, 1.82) is 0 Å². The number of hydrogen-bond donors (Lipinski definition) is 2. The number of hydrogen-bond acceptors (Lipinski definition) is 2. The van der Waals surface area contributed by atoms with E-state index in [9.17, 15) is 31.1 Å².